The largest absolute Gasteiger partial charge is 0.289 e. The van der Waals surface area contributed by atoms with Crippen LogP contribution < -0.4 is 0 Å². The van der Waals surface area contributed by atoms with Crippen molar-refractivity contribution in [1.82, 2.24) is 4.98 Å². The van der Waals surface area contributed by atoms with Crippen molar-refractivity contribution in [3.63, 3.8) is 0 Å². The molecule has 4 heteroatoms. The quantitative estimate of drug-likeness (QED) is 0.627. The number of benzene rings is 1. The molecule has 0 amide bonds. The van der Waals surface area contributed by atoms with E-state index >= 15 is 0 Å². The zero-order chi connectivity index (χ0) is 11.5. The van der Waals surface area contributed by atoms with E-state index in [0.29, 0.717) is 14.7 Å². The van der Waals surface area contributed by atoms with Crippen LogP contribution in [0.1, 0.15) is 15.9 Å². The second-order valence-electron chi connectivity index (χ2n) is 3.22. The summed E-state index contributed by atoms with van der Waals surface area (Å²) in [6.45, 7) is 0. The van der Waals surface area contributed by atoms with Crippen LogP contribution >= 0.6 is 22.6 Å². The minimum atomic E-state index is -0.399. The number of nitrogens with zero attached hydrogens (tertiary/aromatic N) is 1. The average molecular weight is 327 g/mol. The molecule has 0 saturated heterocycles. The molecule has 0 fully saturated rings. The summed E-state index contributed by atoms with van der Waals surface area (Å²) in [5.41, 5.74) is 0.868. The Kier molecular flexibility index (Phi) is 3.28. The van der Waals surface area contributed by atoms with Crippen molar-refractivity contribution in [3.05, 3.63) is 63.2 Å². The van der Waals surface area contributed by atoms with Gasteiger partial charge in [0.25, 0.3) is 0 Å². The standard InChI is InChI=1S/C12H7FINO/c13-10-5-9(6-11(14)7-10)12(16)8-1-3-15-4-2-8/h1-7H. The van der Waals surface area contributed by atoms with Crippen molar-refractivity contribution in [1.29, 1.82) is 0 Å². The van der Waals surface area contributed by atoms with Gasteiger partial charge in [-0.15, -0.1) is 0 Å². The highest BCUT2D eigenvalue weighted by Gasteiger charge is 2.10. The van der Waals surface area contributed by atoms with E-state index in [4.69, 9.17) is 0 Å². The van der Waals surface area contributed by atoms with E-state index in [1.54, 1.807) is 18.2 Å². The molecule has 0 aliphatic carbocycles. The molecule has 0 spiro atoms. The molecular formula is C12H7FINO. The predicted octanol–water partition coefficient (Wildman–Crippen LogP) is 3.06. The molecule has 0 aliphatic heterocycles. The molecule has 2 nitrogen and oxygen atoms in total. The highest BCUT2D eigenvalue weighted by molar-refractivity contribution is 14.1. The lowest BCUT2D eigenvalue weighted by molar-refractivity contribution is 0.103. The fraction of sp³-hybridized carbons (Fsp3) is 0. The van der Waals surface area contributed by atoms with Gasteiger partial charge in [-0.2, -0.15) is 0 Å². The SMILES string of the molecule is O=C(c1ccncc1)c1cc(F)cc(I)c1. The lowest BCUT2D eigenvalue weighted by atomic mass is 10.0. The molecule has 1 heterocycles. The number of rotatable bonds is 2. The van der Waals surface area contributed by atoms with Crippen LogP contribution in [-0.4, -0.2) is 10.8 Å². The van der Waals surface area contributed by atoms with Crippen molar-refractivity contribution in [3.8, 4) is 0 Å². The van der Waals surface area contributed by atoms with Crippen molar-refractivity contribution < 1.29 is 9.18 Å². The Morgan fingerprint density at radius 3 is 2.44 bits per heavy atom. The van der Waals surface area contributed by atoms with Crippen LogP contribution in [0.25, 0.3) is 0 Å². The number of aromatic nitrogens is 1. The van der Waals surface area contributed by atoms with E-state index in [1.807, 2.05) is 22.6 Å². The van der Waals surface area contributed by atoms with Crippen LogP contribution in [0.4, 0.5) is 4.39 Å². The van der Waals surface area contributed by atoms with Crippen molar-refractivity contribution in [2.24, 2.45) is 0 Å². The highest BCUT2D eigenvalue weighted by atomic mass is 127. The minimum Gasteiger partial charge on any atom is -0.289 e. The van der Waals surface area contributed by atoms with E-state index in [-0.39, 0.29) is 5.78 Å². The monoisotopic (exact) mass is 327 g/mol. The van der Waals surface area contributed by atoms with Crippen LogP contribution in [0.5, 0.6) is 0 Å². The second kappa shape index (κ2) is 4.69. The van der Waals surface area contributed by atoms with Gasteiger partial charge in [0.2, 0.25) is 0 Å². The first-order valence-electron chi connectivity index (χ1n) is 4.57. The Bertz CT molecular complexity index is 508. The maximum atomic E-state index is 13.1. The molecule has 0 radical (unpaired) electrons. The number of carbonyl (C=O) groups excluding carboxylic acids is 1. The summed E-state index contributed by atoms with van der Waals surface area (Å²) in [4.78, 5) is 15.8. The number of hydrogen-bond acceptors (Lipinski definition) is 2. The molecule has 0 bridgehead atoms. The molecule has 0 aliphatic rings. The van der Waals surface area contributed by atoms with Crippen molar-refractivity contribution in [2.45, 2.75) is 0 Å². The maximum Gasteiger partial charge on any atom is 0.193 e. The van der Waals surface area contributed by atoms with E-state index in [1.165, 1.54) is 24.5 Å². The van der Waals surface area contributed by atoms with E-state index in [9.17, 15) is 9.18 Å². The van der Waals surface area contributed by atoms with Gasteiger partial charge < -0.3 is 0 Å². The summed E-state index contributed by atoms with van der Waals surface area (Å²) in [6, 6.07) is 7.50. The Morgan fingerprint density at radius 1 is 1.12 bits per heavy atom. The number of carbonyl (C=O) groups is 1. The summed E-state index contributed by atoms with van der Waals surface area (Å²) in [5, 5.41) is 0. The van der Waals surface area contributed by atoms with Crippen LogP contribution in [0, 0.1) is 9.39 Å². The molecule has 0 N–H and O–H groups in total. The van der Waals surface area contributed by atoms with Gasteiger partial charge in [-0.3, -0.25) is 9.78 Å². The maximum absolute atomic E-state index is 13.1. The Hall–Kier alpha value is -1.30. The average Bonchev–Trinajstić information content (AvgIpc) is 2.28. The molecule has 16 heavy (non-hydrogen) atoms. The summed E-state index contributed by atoms with van der Waals surface area (Å²) in [6.07, 6.45) is 3.08. The second-order valence-corrected chi connectivity index (χ2v) is 4.47. The fourth-order valence-electron chi connectivity index (χ4n) is 1.35. The third-order valence-corrected chi connectivity index (χ3v) is 2.69. The third-order valence-electron chi connectivity index (χ3n) is 2.07. The van der Waals surface area contributed by atoms with Crippen LogP contribution in [0.15, 0.2) is 42.7 Å². The van der Waals surface area contributed by atoms with Gasteiger partial charge in [-0.1, -0.05) is 0 Å². The molecule has 0 atom stereocenters. The molecule has 1 aromatic heterocycles. The molecule has 0 unspecified atom stereocenters. The third kappa shape index (κ3) is 2.44. The van der Waals surface area contributed by atoms with Crippen LogP contribution in [-0.2, 0) is 0 Å². The van der Waals surface area contributed by atoms with Gasteiger partial charge in [0.05, 0.1) is 0 Å². The zero-order valence-corrected chi connectivity index (χ0v) is 10.3. The zero-order valence-electron chi connectivity index (χ0n) is 8.15. The highest BCUT2D eigenvalue weighted by Crippen LogP contribution is 2.15. The normalized spacial score (nSPS) is 10.1. The molecule has 2 aromatic rings. The van der Waals surface area contributed by atoms with Gasteiger partial charge in [-0.25, -0.2) is 4.39 Å². The number of ketones is 1. The first-order valence-corrected chi connectivity index (χ1v) is 5.65. The summed E-state index contributed by atoms with van der Waals surface area (Å²) in [7, 11) is 0. The van der Waals surface area contributed by atoms with E-state index in [2.05, 4.69) is 4.98 Å². The summed E-state index contributed by atoms with van der Waals surface area (Å²) >= 11 is 1.98. The van der Waals surface area contributed by atoms with Crippen molar-refractivity contribution >= 4 is 28.4 Å². The summed E-state index contributed by atoms with van der Waals surface area (Å²) in [5.74, 6) is -0.593. The molecular weight excluding hydrogens is 320 g/mol. The first kappa shape index (κ1) is 11.2. The number of halogens is 2. The van der Waals surface area contributed by atoms with Gasteiger partial charge in [0.1, 0.15) is 5.82 Å². The fourth-order valence-corrected chi connectivity index (χ4v) is 1.99. The topological polar surface area (TPSA) is 30.0 Å². The lowest BCUT2D eigenvalue weighted by Crippen LogP contribution is -2.02. The van der Waals surface area contributed by atoms with Crippen LogP contribution in [0.2, 0.25) is 0 Å². The van der Waals surface area contributed by atoms with Gasteiger partial charge >= 0.3 is 0 Å². The smallest absolute Gasteiger partial charge is 0.193 e. The molecule has 2 rings (SSSR count). The predicted molar refractivity (Wildman–Crippen MR) is 66.8 cm³/mol. The molecule has 80 valence electrons. The number of hydrogen-bond donors (Lipinski definition) is 0. The Morgan fingerprint density at radius 2 is 1.81 bits per heavy atom. The van der Waals surface area contributed by atoms with Crippen LogP contribution in [0.3, 0.4) is 0 Å². The number of pyridine rings is 1. The van der Waals surface area contributed by atoms with Gasteiger partial charge in [0, 0.05) is 27.1 Å². The van der Waals surface area contributed by atoms with Gasteiger partial charge in [-0.05, 0) is 52.9 Å². The molecule has 1 aromatic carbocycles. The van der Waals surface area contributed by atoms with Crippen molar-refractivity contribution in [2.75, 3.05) is 0 Å². The minimum absolute atomic E-state index is 0.195. The first-order chi connectivity index (χ1) is 7.66. The molecule has 0 saturated carbocycles. The Balaban J connectivity index is 2.42. The summed E-state index contributed by atoms with van der Waals surface area (Å²) < 4.78 is 13.8. The lowest BCUT2D eigenvalue weighted by Gasteiger charge is -2.01. The van der Waals surface area contributed by atoms with E-state index < -0.39 is 5.82 Å². The van der Waals surface area contributed by atoms with Gasteiger partial charge in [0.15, 0.2) is 5.78 Å². The van der Waals surface area contributed by atoms with E-state index in [0.717, 1.165) is 0 Å². The Labute approximate surface area is 106 Å².